The van der Waals surface area contributed by atoms with Crippen LogP contribution < -0.4 is 4.90 Å². The molecule has 170 valence electrons. The van der Waals surface area contributed by atoms with Crippen LogP contribution in [0.3, 0.4) is 0 Å². The van der Waals surface area contributed by atoms with E-state index >= 15 is 0 Å². The topological polar surface area (TPSA) is 69.6 Å². The Hall–Kier alpha value is -3.43. The first-order chi connectivity index (χ1) is 16.0. The molecule has 0 saturated carbocycles. The molecule has 0 atom stereocenters. The standard InChI is InChI=1S/C24H24FN5O2S/c1-18(31)30(22-7-3-2-6-21(22)25)24-27-20(17-33-24)8-9-23(32)29-13-11-28(12-14-29)16-19-5-4-10-26-15-19/h2-10,15,17H,11-14,16H2,1H3/b9-8+. The zero-order valence-corrected chi connectivity index (χ0v) is 19.0. The monoisotopic (exact) mass is 465 g/mol. The number of hydrogen-bond donors (Lipinski definition) is 0. The van der Waals surface area contributed by atoms with E-state index in [1.165, 1.54) is 41.4 Å². The molecule has 1 saturated heterocycles. The summed E-state index contributed by atoms with van der Waals surface area (Å²) in [6, 6.07) is 10.0. The minimum Gasteiger partial charge on any atom is -0.337 e. The van der Waals surface area contributed by atoms with E-state index in [-0.39, 0.29) is 17.5 Å². The number of halogens is 1. The number of nitrogens with zero attached hydrogens (tertiary/aromatic N) is 5. The third kappa shape index (κ3) is 5.68. The Balaban J connectivity index is 1.35. The summed E-state index contributed by atoms with van der Waals surface area (Å²) in [6.07, 6.45) is 6.75. The summed E-state index contributed by atoms with van der Waals surface area (Å²) >= 11 is 1.22. The largest absolute Gasteiger partial charge is 0.337 e. The van der Waals surface area contributed by atoms with Crippen molar-refractivity contribution < 1.29 is 14.0 Å². The highest BCUT2D eigenvalue weighted by atomic mass is 32.1. The highest BCUT2D eigenvalue weighted by molar-refractivity contribution is 7.14. The Morgan fingerprint density at radius 1 is 1.15 bits per heavy atom. The summed E-state index contributed by atoms with van der Waals surface area (Å²) in [5.41, 5.74) is 1.85. The fourth-order valence-corrected chi connectivity index (χ4v) is 4.48. The van der Waals surface area contributed by atoms with Crippen molar-refractivity contribution in [1.82, 2.24) is 19.8 Å². The molecule has 0 N–H and O–H groups in total. The molecule has 3 heterocycles. The van der Waals surface area contributed by atoms with Gasteiger partial charge in [0.25, 0.3) is 0 Å². The quantitative estimate of drug-likeness (QED) is 0.519. The van der Waals surface area contributed by atoms with Gasteiger partial charge in [0.15, 0.2) is 5.13 Å². The van der Waals surface area contributed by atoms with E-state index in [2.05, 4.69) is 20.9 Å². The molecule has 0 aliphatic carbocycles. The number of aromatic nitrogens is 2. The van der Waals surface area contributed by atoms with Crippen molar-refractivity contribution in [2.45, 2.75) is 13.5 Å². The number of thiazole rings is 1. The minimum atomic E-state index is -0.502. The van der Waals surface area contributed by atoms with Crippen molar-refractivity contribution in [2.75, 3.05) is 31.1 Å². The molecule has 33 heavy (non-hydrogen) atoms. The fourth-order valence-electron chi connectivity index (χ4n) is 3.63. The van der Waals surface area contributed by atoms with Crippen LogP contribution in [0.4, 0.5) is 15.2 Å². The molecule has 0 radical (unpaired) electrons. The predicted octanol–water partition coefficient (Wildman–Crippen LogP) is 3.72. The van der Waals surface area contributed by atoms with Crippen LogP contribution in [-0.4, -0.2) is 57.8 Å². The van der Waals surface area contributed by atoms with Crippen molar-refractivity contribution in [3.63, 3.8) is 0 Å². The van der Waals surface area contributed by atoms with Gasteiger partial charge >= 0.3 is 0 Å². The zero-order chi connectivity index (χ0) is 23.2. The molecule has 0 bridgehead atoms. The summed E-state index contributed by atoms with van der Waals surface area (Å²) in [7, 11) is 0. The number of benzene rings is 1. The first-order valence-corrected chi connectivity index (χ1v) is 11.5. The van der Waals surface area contributed by atoms with Crippen molar-refractivity contribution in [1.29, 1.82) is 0 Å². The van der Waals surface area contributed by atoms with E-state index in [0.29, 0.717) is 23.9 Å². The number of pyridine rings is 1. The van der Waals surface area contributed by atoms with Gasteiger partial charge in [-0.25, -0.2) is 9.37 Å². The molecule has 2 aromatic heterocycles. The molecule has 1 aliphatic rings. The Bertz CT molecular complexity index is 1140. The number of amides is 2. The lowest BCUT2D eigenvalue weighted by molar-refractivity contribution is -0.127. The number of piperazine rings is 1. The van der Waals surface area contributed by atoms with E-state index in [1.807, 2.05) is 17.2 Å². The maximum absolute atomic E-state index is 14.2. The van der Waals surface area contributed by atoms with Crippen LogP contribution >= 0.6 is 11.3 Å². The summed E-state index contributed by atoms with van der Waals surface area (Å²) in [4.78, 5) is 38.7. The van der Waals surface area contributed by atoms with Crippen LogP contribution in [0.1, 0.15) is 18.2 Å². The number of carbonyl (C=O) groups excluding carboxylic acids is 2. The van der Waals surface area contributed by atoms with Gasteiger partial charge in [-0.2, -0.15) is 0 Å². The second kappa shape index (κ2) is 10.5. The Morgan fingerprint density at radius 2 is 1.94 bits per heavy atom. The number of anilines is 2. The van der Waals surface area contributed by atoms with Crippen molar-refractivity contribution in [3.05, 3.63) is 77.3 Å². The number of rotatable bonds is 6. The molecular weight excluding hydrogens is 441 g/mol. The smallest absolute Gasteiger partial charge is 0.246 e. The number of para-hydroxylation sites is 1. The average Bonchev–Trinajstić information content (AvgIpc) is 3.28. The van der Waals surface area contributed by atoms with E-state index in [9.17, 15) is 14.0 Å². The van der Waals surface area contributed by atoms with Gasteiger partial charge in [0, 0.05) is 63.5 Å². The van der Waals surface area contributed by atoms with Crippen LogP contribution in [0.5, 0.6) is 0 Å². The molecule has 9 heteroatoms. The van der Waals surface area contributed by atoms with Crippen LogP contribution in [0.25, 0.3) is 6.08 Å². The Kier molecular flexibility index (Phi) is 7.21. The molecular formula is C24H24FN5O2S. The van der Waals surface area contributed by atoms with Gasteiger partial charge in [-0.3, -0.25) is 24.4 Å². The first-order valence-electron chi connectivity index (χ1n) is 10.6. The molecule has 2 amide bonds. The average molecular weight is 466 g/mol. The predicted molar refractivity (Wildman–Crippen MR) is 126 cm³/mol. The first kappa shape index (κ1) is 22.8. The van der Waals surface area contributed by atoms with Gasteiger partial charge in [0.1, 0.15) is 5.82 Å². The van der Waals surface area contributed by atoms with Crippen LogP contribution in [0, 0.1) is 5.82 Å². The lowest BCUT2D eigenvalue weighted by Crippen LogP contribution is -2.47. The van der Waals surface area contributed by atoms with Crippen LogP contribution in [0.15, 0.2) is 60.2 Å². The fraction of sp³-hybridized carbons (Fsp3) is 0.250. The normalized spacial score (nSPS) is 14.5. The van der Waals surface area contributed by atoms with E-state index in [0.717, 1.165) is 25.2 Å². The lowest BCUT2D eigenvalue weighted by Gasteiger charge is -2.34. The third-order valence-corrected chi connectivity index (χ3v) is 6.16. The second-order valence-electron chi connectivity index (χ2n) is 7.66. The van der Waals surface area contributed by atoms with Gasteiger partial charge in [0.05, 0.1) is 11.4 Å². The summed E-state index contributed by atoms with van der Waals surface area (Å²) in [5, 5.41) is 2.09. The molecule has 4 rings (SSSR count). The number of hydrogen-bond acceptors (Lipinski definition) is 6. The molecule has 0 unspecified atom stereocenters. The molecule has 1 aromatic carbocycles. The maximum Gasteiger partial charge on any atom is 0.246 e. The molecule has 3 aromatic rings. The highest BCUT2D eigenvalue weighted by Crippen LogP contribution is 2.31. The minimum absolute atomic E-state index is 0.0805. The summed E-state index contributed by atoms with van der Waals surface area (Å²) < 4.78 is 14.2. The van der Waals surface area contributed by atoms with Crippen molar-refractivity contribution in [2.24, 2.45) is 0 Å². The summed E-state index contributed by atoms with van der Waals surface area (Å²) in [6.45, 7) is 5.08. The van der Waals surface area contributed by atoms with Gasteiger partial charge in [-0.05, 0) is 29.8 Å². The maximum atomic E-state index is 14.2. The number of carbonyl (C=O) groups is 2. The van der Waals surface area contributed by atoms with E-state index in [1.54, 1.807) is 29.8 Å². The summed E-state index contributed by atoms with van der Waals surface area (Å²) in [5.74, 6) is -0.925. The Morgan fingerprint density at radius 3 is 2.64 bits per heavy atom. The van der Waals surface area contributed by atoms with Crippen LogP contribution in [0.2, 0.25) is 0 Å². The van der Waals surface area contributed by atoms with E-state index < -0.39 is 5.82 Å². The third-order valence-electron chi connectivity index (χ3n) is 5.32. The second-order valence-corrected chi connectivity index (χ2v) is 8.49. The van der Waals surface area contributed by atoms with Gasteiger partial charge in [-0.15, -0.1) is 11.3 Å². The van der Waals surface area contributed by atoms with Gasteiger partial charge in [0.2, 0.25) is 11.8 Å². The van der Waals surface area contributed by atoms with Crippen molar-refractivity contribution >= 4 is 40.0 Å². The van der Waals surface area contributed by atoms with Crippen LogP contribution in [-0.2, 0) is 16.1 Å². The molecule has 7 nitrogen and oxygen atoms in total. The van der Waals surface area contributed by atoms with Crippen molar-refractivity contribution in [3.8, 4) is 0 Å². The molecule has 0 spiro atoms. The van der Waals surface area contributed by atoms with Gasteiger partial charge in [-0.1, -0.05) is 18.2 Å². The lowest BCUT2D eigenvalue weighted by atomic mass is 10.2. The van der Waals surface area contributed by atoms with Gasteiger partial charge < -0.3 is 4.90 Å². The molecule has 1 aliphatic heterocycles. The van der Waals surface area contributed by atoms with E-state index in [4.69, 9.17) is 0 Å². The highest BCUT2D eigenvalue weighted by Gasteiger charge is 2.22. The zero-order valence-electron chi connectivity index (χ0n) is 18.2. The SMILES string of the molecule is CC(=O)N(c1nc(/C=C/C(=O)N2CCN(Cc3cccnc3)CC2)cs1)c1ccccc1F. The Labute approximate surface area is 195 Å². The molecule has 1 fully saturated rings.